The average Bonchev–Trinajstić information content (AvgIpc) is 2.67. The van der Waals surface area contributed by atoms with Crippen molar-refractivity contribution in [3.63, 3.8) is 0 Å². The summed E-state index contributed by atoms with van der Waals surface area (Å²) in [5.41, 5.74) is 7.79. The summed E-state index contributed by atoms with van der Waals surface area (Å²) in [6, 6.07) is 10.2. The molecule has 0 bridgehead atoms. The third kappa shape index (κ3) is 4.26. The Labute approximate surface area is 169 Å². The smallest absolute Gasteiger partial charge is 0.127 e. The second-order valence-electron chi connectivity index (χ2n) is 9.65. The van der Waals surface area contributed by atoms with Crippen LogP contribution in [0.25, 0.3) is 16.8 Å². The van der Waals surface area contributed by atoms with Crippen molar-refractivity contribution in [3.05, 3.63) is 48.0 Å². The Bertz CT molecular complexity index is 839. The molecule has 0 amide bonds. The summed E-state index contributed by atoms with van der Waals surface area (Å²) in [4.78, 5) is 0. The molecule has 0 radical (unpaired) electrons. The Morgan fingerprint density at radius 1 is 1.11 bits per heavy atom. The van der Waals surface area contributed by atoms with Gasteiger partial charge in [-0.3, -0.25) is 0 Å². The van der Waals surface area contributed by atoms with Gasteiger partial charge in [0.15, 0.2) is 0 Å². The van der Waals surface area contributed by atoms with Crippen molar-refractivity contribution in [1.82, 2.24) is 0 Å². The zero-order chi connectivity index (χ0) is 20.5. The average molecular weight is 382 g/mol. The van der Waals surface area contributed by atoms with Gasteiger partial charge in [-0.2, -0.15) is 0 Å². The van der Waals surface area contributed by atoms with Crippen LogP contribution in [0.4, 0.5) is 0 Å². The van der Waals surface area contributed by atoms with Gasteiger partial charge < -0.3 is 15.6 Å². The maximum absolute atomic E-state index is 9.55. The summed E-state index contributed by atoms with van der Waals surface area (Å²) < 4.78 is 6.43. The number of fused-ring (bicyclic) bond motifs is 1. The molecule has 2 aromatic rings. The van der Waals surface area contributed by atoms with Crippen molar-refractivity contribution < 1.29 is 9.84 Å². The standard InChI is InChI=1S/C25H35NO2/c1-6-21-22-13-10-19(25(5,26)16-27)15-17(22)7-14-23(21)28-20-11-8-18(9-12-20)24(2,3)4/h6-7,10,13-15,18,20,27H,1,8-9,11-12,16,26H2,2-5H3/t18?,20?,25-/m0/s1. The van der Waals surface area contributed by atoms with Crippen LogP contribution in [-0.2, 0) is 5.54 Å². The molecule has 152 valence electrons. The number of hydrogen-bond acceptors (Lipinski definition) is 3. The minimum Gasteiger partial charge on any atom is -0.490 e. The molecule has 0 spiro atoms. The van der Waals surface area contributed by atoms with Crippen LogP contribution in [0.15, 0.2) is 36.9 Å². The molecule has 1 aliphatic carbocycles. The lowest BCUT2D eigenvalue weighted by Gasteiger charge is -2.37. The topological polar surface area (TPSA) is 55.5 Å². The van der Waals surface area contributed by atoms with Crippen LogP contribution in [0.2, 0.25) is 0 Å². The van der Waals surface area contributed by atoms with Crippen molar-refractivity contribution in [3.8, 4) is 5.75 Å². The van der Waals surface area contributed by atoms with E-state index in [1.54, 1.807) is 0 Å². The highest BCUT2D eigenvalue weighted by molar-refractivity contribution is 5.93. The molecule has 3 rings (SSSR count). The SMILES string of the molecule is C=Cc1c(OC2CCC(C(C)(C)C)CC2)ccc2cc([C@@](C)(N)CO)ccc12. The van der Waals surface area contributed by atoms with Gasteiger partial charge in [0.1, 0.15) is 5.75 Å². The number of nitrogens with two attached hydrogens (primary N) is 1. The molecular formula is C25H35NO2. The van der Waals surface area contributed by atoms with Crippen LogP contribution in [0, 0.1) is 11.3 Å². The minimum absolute atomic E-state index is 0.0920. The number of rotatable bonds is 5. The van der Waals surface area contributed by atoms with Gasteiger partial charge in [0.05, 0.1) is 18.2 Å². The molecule has 0 unspecified atom stereocenters. The Kier molecular flexibility index (Phi) is 5.88. The summed E-state index contributed by atoms with van der Waals surface area (Å²) in [6.45, 7) is 12.8. The Morgan fingerprint density at radius 2 is 1.79 bits per heavy atom. The number of benzene rings is 2. The van der Waals surface area contributed by atoms with E-state index in [-0.39, 0.29) is 12.7 Å². The Balaban J connectivity index is 1.83. The third-order valence-corrected chi connectivity index (χ3v) is 6.41. The molecule has 28 heavy (non-hydrogen) atoms. The van der Waals surface area contributed by atoms with E-state index in [0.29, 0.717) is 5.41 Å². The molecule has 0 aliphatic heterocycles. The van der Waals surface area contributed by atoms with Gasteiger partial charge in [-0.15, -0.1) is 0 Å². The first-order chi connectivity index (χ1) is 13.2. The summed E-state index contributed by atoms with van der Waals surface area (Å²) in [6.07, 6.45) is 6.83. The molecule has 1 aliphatic rings. The maximum atomic E-state index is 9.55. The van der Waals surface area contributed by atoms with Crippen molar-refractivity contribution in [2.24, 2.45) is 17.1 Å². The van der Waals surface area contributed by atoms with Crippen LogP contribution in [0.1, 0.15) is 64.5 Å². The summed E-state index contributed by atoms with van der Waals surface area (Å²) >= 11 is 0. The molecule has 3 nitrogen and oxygen atoms in total. The molecule has 2 aromatic carbocycles. The van der Waals surface area contributed by atoms with Crippen molar-refractivity contribution in [2.75, 3.05) is 6.61 Å². The zero-order valence-corrected chi connectivity index (χ0v) is 17.8. The number of hydrogen-bond donors (Lipinski definition) is 2. The highest BCUT2D eigenvalue weighted by Gasteiger charge is 2.30. The summed E-state index contributed by atoms with van der Waals surface area (Å²) in [5, 5.41) is 11.7. The molecule has 1 saturated carbocycles. The Morgan fingerprint density at radius 3 is 2.36 bits per heavy atom. The fourth-order valence-corrected chi connectivity index (χ4v) is 4.32. The lowest BCUT2D eigenvalue weighted by molar-refractivity contribution is 0.0882. The normalized spacial score (nSPS) is 22.6. The molecule has 3 N–H and O–H groups in total. The van der Waals surface area contributed by atoms with Crippen molar-refractivity contribution in [1.29, 1.82) is 0 Å². The van der Waals surface area contributed by atoms with Gasteiger partial charge in [-0.1, -0.05) is 51.6 Å². The first-order valence-electron chi connectivity index (χ1n) is 10.4. The van der Waals surface area contributed by atoms with Crippen LogP contribution in [0.3, 0.4) is 0 Å². The van der Waals surface area contributed by atoms with E-state index in [1.165, 1.54) is 12.8 Å². The van der Waals surface area contributed by atoms with Crippen LogP contribution >= 0.6 is 0 Å². The second kappa shape index (κ2) is 7.88. The molecular weight excluding hydrogens is 346 g/mol. The first-order valence-corrected chi connectivity index (χ1v) is 10.4. The number of aliphatic hydroxyl groups excluding tert-OH is 1. The fraction of sp³-hybridized carbons (Fsp3) is 0.520. The van der Waals surface area contributed by atoms with Crippen LogP contribution in [-0.4, -0.2) is 17.8 Å². The lowest BCUT2D eigenvalue weighted by atomic mass is 9.72. The van der Waals surface area contributed by atoms with Gasteiger partial charge in [0.2, 0.25) is 0 Å². The van der Waals surface area contributed by atoms with E-state index < -0.39 is 5.54 Å². The van der Waals surface area contributed by atoms with E-state index in [9.17, 15) is 5.11 Å². The van der Waals surface area contributed by atoms with Crippen molar-refractivity contribution >= 4 is 16.8 Å². The second-order valence-corrected chi connectivity index (χ2v) is 9.65. The number of ether oxygens (including phenoxy) is 1. The molecule has 1 fully saturated rings. The summed E-state index contributed by atoms with van der Waals surface area (Å²) in [7, 11) is 0. The molecule has 3 heteroatoms. The van der Waals surface area contributed by atoms with Gasteiger partial charge in [0.25, 0.3) is 0 Å². The minimum atomic E-state index is -0.747. The Hall–Kier alpha value is -1.84. The third-order valence-electron chi connectivity index (χ3n) is 6.41. The van der Waals surface area contributed by atoms with Crippen LogP contribution < -0.4 is 10.5 Å². The maximum Gasteiger partial charge on any atom is 0.127 e. The van der Waals surface area contributed by atoms with Gasteiger partial charge in [0, 0.05) is 5.56 Å². The highest BCUT2D eigenvalue weighted by atomic mass is 16.5. The van der Waals surface area contributed by atoms with E-state index in [1.807, 2.05) is 25.1 Å². The first kappa shape index (κ1) is 20.9. The van der Waals surface area contributed by atoms with E-state index in [4.69, 9.17) is 10.5 Å². The van der Waals surface area contributed by atoms with Gasteiger partial charge in [-0.25, -0.2) is 0 Å². The van der Waals surface area contributed by atoms with Gasteiger partial charge >= 0.3 is 0 Å². The molecule has 0 aromatic heterocycles. The van der Waals surface area contributed by atoms with E-state index in [2.05, 4.69) is 45.5 Å². The fourth-order valence-electron chi connectivity index (χ4n) is 4.32. The quantitative estimate of drug-likeness (QED) is 0.705. The highest BCUT2D eigenvalue weighted by Crippen LogP contribution is 2.40. The monoisotopic (exact) mass is 381 g/mol. The van der Waals surface area contributed by atoms with E-state index >= 15 is 0 Å². The molecule has 0 heterocycles. The predicted octanol–water partition coefficient (Wildman–Crippen LogP) is 5.63. The summed E-state index contributed by atoms with van der Waals surface area (Å²) in [5.74, 6) is 1.69. The zero-order valence-electron chi connectivity index (χ0n) is 17.8. The van der Waals surface area contributed by atoms with Gasteiger partial charge in [-0.05, 0) is 72.4 Å². The van der Waals surface area contributed by atoms with E-state index in [0.717, 1.165) is 46.4 Å². The largest absolute Gasteiger partial charge is 0.490 e. The molecule has 0 saturated heterocycles. The lowest BCUT2D eigenvalue weighted by Crippen LogP contribution is -2.36. The molecule has 1 atom stereocenters. The number of aliphatic hydroxyl groups is 1. The van der Waals surface area contributed by atoms with Crippen molar-refractivity contribution in [2.45, 2.75) is 65.0 Å². The van der Waals surface area contributed by atoms with Crippen LogP contribution in [0.5, 0.6) is 5.75 Å². The predicted molar refractivity (Wildman–Crippen MR) is 118 cm³/mol.